The van der Waals surface area contributed by atoms with Crippen LogP contribution in [0.25, 0.3) is 0 Å². The fraction of sp³-hybridized carbons (Fsp3) is 0.167. The molecule has 0 aromatic carbocycles. The lowest BCUT2D eigenvalue weighted by molar-refractivity contribution is 0.0985. The number of pyridine rings is 1. The Morgan fingerprint density at radius 3 is 2.61 bits per heavy atom. The van der Waals surface area contributed by atoms with E-state index in [1.165, 1.54) is 22.9 Å². The molecule has 0 radical (unpaired) electrons. The lowest BCUT2D eigenvalue weighted by Crippen LogP contribution is -2.10. The van der Waals surface area contributed by atoms with Crippen LogP contribution in [0.4, 0.5) is 0 Å². The zero-order valence-electron chi connectivity index (χ0n) is 9.54. The molecular weight excluding hydrogens is 275 g/mol. The zero-order chi connectivity index (χ0) is 13.3. The van der Waals surface area contributed by atoms with E-state index in [1.807, 2.05) is 0 Å². The number of nitrogens with one attached hydrogen (secondary N) is 1. The molecule has 0 bridgehead atoms. The number of carbonyl (C=O) groups is 1. The molecule has 0 aliphatic rings. The van der Waals surface area contributed by atoms with Crippen LogP contribution in [0.2, 0.25) is 10.2 Å². The van der Waals surface area contributed by atoms with Gasteiger partial charge in [-0.15, -0.1) is 0 Å². The van der Waals surface area contributed by atoms with Crippen LogP contribution in [0.15, 0.2) is 29.2 Å². The number of hydrogen-bond acceptors (Lipinski definition) is 2. The zero-order valence-corrected chi connectivity index (χ0v) is 11.0. The van der Waals surface area contributed by atoms with Crippen LogP contribution in [-0.4, -0.2) is 15.3 Å². The highest BCUT2D eigenvalue weighted by Crippen LogP contribution is 2.25. The fourth-order valence-corrected chi connectivity index (χ4v) is 2.01. The monoisotopic (exact) mass is 284 g/mol. The van der Waals surface area contributed by atoms with Crippen molar-refractivity contribution in [3.05, 3.63) is 56.2 Å². The maximum absolute atomic E-state index is 12.1. The number of ketones is 1. The summed E-state index contributed by atoms with van der Waals surface area (Å²) < 4.78 is 1.54. The van der Waals surface area contributed by atoms with E-state index in [4.69, 9.17) is 23.2 Å². The number of halogens is 2. The summed E-state index contributed by atoms with van der Waals surface area (Å²) in [7, 11) is 1.67. The van der Waals surface area contributed by atoms with Gasteiger partial charge in [0, 0.05) is 25.7 Å². The van der Waals surface area contributed by atoms with Crippen molar-refractivity contribution in [1.82, 2.24) is 9.55 Å². The average Bonchev–Trinajstić information content (AvgIpc) is 2.60. The lowest BCUT2D eigenvalue weighted by atomic mass is 10.1. The molecule has 2 aromatic heterocycles. The number of aromatic amines is 1. The first-order valence-electron chi connectivity index (χ1n) is 5.20. The predicted molar refractivity (Wildman–Crippen MR) is 70.5 cm³/mol. The summed E-state index contributed by atoms with van der Waals surface area (Å²) in [4.78, 5) is 25.5. The molecule has 0 spiro atoms. The maximum atomic E-state index is 12.1. The Morgan fingerprint density at radius 2 is 2.11 bits per heavy atom. The largest absolute Gasteiger partial charge is 0.331 e. The van der Waals surface area contributed by atoms with Crippen molar-refractivity contribution in [2.75, 3.05) is 0 Å². The van der Waals surface area contributed by atoms with E-state index in [2.05, 4.69) is 4.98 Å². The van der Waals surface area contributed by atoms with Gasteiger partial charge in [0.2, 0.25) is 5.56 Å². The Bertz CT molecular complexity index is 638. The van der Waals surface area contributed by atoms with Gasteiger partial charge in [-0.1, -0.05) is 29.3 Å². The minimum Gasteiger partial charge on any atom is -0.331 e. The number of H-pyrrole nitrogens is 1. The fourth-order valence-electron chi connectivity index (χ4n) is 1.64. The molecule has 0 aliphatic carbocycles. The Labute approximate surface area is 113 Å². The smallest absolute Gasteiger partial charge is 0.247 e. The maximum Gasteiger partial charge on any atom is 0.247 e. The number of carbonyl (C=O) groups excluding carboxylic acids is 1. The van der Waals surface area contributed by atoms with Crippen LogP contribution >= 0.6 is 23.2 Å². The van der Waals surface area contributed by atoms with Gasteiger partial charge in [-0.05, 0) is 11.6 Å². The average molecular weight is 285 g/mol. The summed E-state index contributed by atoms with van der Waals surface area (Å²) in [6.07, 6.45) is 1.70. The Morgan fingerprint density at radius 1 is 1.39 bits per heavy atom. The van der Waals surface area contributed by atoms with Crippen molar-refractivity contribution in [1.29, 1.82) is 0 Å². The van der Waals surface area contributed by atoms with Crippen molar-refractivity contribution in [2.24, 2.45) is 7.05 Å². The van der Waals surface area contributed by atoms with Crippen molar-refractivity contribution < 1.29 is 4.79 Å². The van der Waals surface area contributed by atoms with Gasteiger partial charge >= 0.3 is 0 Å². The SMILES string of the molecule is Cn1c(C(=O)Cc2ccc(=O)[nH]c2)cc(Cl)c1Cl. The molecule has 0 atom stereocenters. The Kier molecular flexibility index (Phi) is 3.59. The van der Waals surface area contributed by atoms with Gasteiger partial charge in [-0.25, -0.2) is 0 Å². The summed E-state index contributed by atoms with van der Waals surface area (Å²) in [5.74, 6) is -0.113. The normalized spacial score (nSPS) is 10.6. The number of nitrogens with zero attached hydrogens (tertiary/aromatic N) is 1. The van der Waals surface area contributed by atoms with Crippen LogP contribution in [0.5, 0.6) is 0 Å². The molecule has 1 N–H and O–H groups in total. The molecule has 0 saturated heterocycles. The summed E-state index contributed by atoms with van der Waals surface area (Å²) in [5, 5.41) is 0.686. The predicted octanol–water partition coefficient (Wildman–Crippen LogP) is 2.45. The number of hydrogen-bond donors (Lipinski definition) is 1. The van der Waals surface area contributed by atoms with Gasteiger partial charge < -0.3 is 9.55 Å². The molecule has 0 fully saturated rings. The van der Waals surface area contributed by atoms with E-state index in [1.54, 1.807) is 13.1 Å². The first-order valence-corrected chi connectivity index (χ1v) is 5.96. The topological polar surface area (TPSA) is 54.9 Å². The summed E-state index contributed by atoms with van der Waals surface area (Å²) >= 11 is 11.7. The number of Topliss-reactive ketones (excluding diaryl/α,β-unsaturated/α-hetero) is 1. The third kappa shape index (κ3) is 2.49. The van der Waals surface area contributed by atoms with E-state index in [0.717, 1.165) is 5.56 Å². The third-order valence-corrected chi connectivity index (χ3v) is 3.46. The quantitative estimate of drug-likeness (QED) is 0.881. The molecule has 4 nitrogen and oxygen atoms in total. The van der Waals surface area contributed by atoms with Crippen LogP contribution in [0.3, 0.4) is 0 Å². The summed E-state index contributed by atoms with van der Waals surface area (Å²) in [5.41, 5.74) is 0.973. The van der Waals surface area contributed by atoms with E-state index in [9.17, 15) is 9.59 Å². The first kappa shape index (κ1) is 12.9. The van der Waals surface area contributed by atoms with Crippen LogP contribution < -0.4 is 5.56 Å². The molecule has 0 aliphatic heterocycles. The van der Waals surface area contributed by atoms with Gasteiger partial charge in [0.05, 0.1) is 10.7 Å². The molecule has 6 heteroatoms. The van der Waals surface area contributed by atoms with Gasteiger partial charge in [0.25, 0.3) is 0 Å². The third-order valence-electron chi connectivity index (χ3n) is 2.62. The van der Waals surface area contributed by atoms with Crippen molar-refractivity contribution in [3.8, 4) is 0 Å². The van der Waals surface area contributed by atoms with Gasteiger partial charge in [0.15, 0.2) is 5.78 Å². The molecule has 0 saturated carbocycles. The molecule has 18 heavy (non-hydrogen) atoms. The first-order chi connectivity index (χ1) is 8.49. The highest BCUT2D eigenvalue weighted by atomic mass is 35.5. The molecule has 2 aromatic rings. The van der Waals surface area contributed by atoms with Gasteiger partial charge in [-0.2, -0.15) is 0 Å². The minimum atomic E-state index is -0.198. The minimum absolute atomic E-state index is 0.113. The highest BCUT2D eigenvalue weighted by molar-refractivity contribution is 6.41. The van der Waals surface area contributed by atoms with Crippen molar-refractivity contribution in [3.63, 3.8) is 0 Å². The number of rotatable bonds is 3. The van der Waals surface area contributed by atoms with Crippen LogP contribution in [-0.2, 0) is 13.5 Å². The van der Waals surface area contributed by atoms with Crippen molar-refractivity contribution in [2.45, 2.75) is 6.42 Å². The standard InChI is InChI=1S/C12H10Cl2N2O2/c1-16-9(5-8(13)12(16)14)10(17)4-7-2-3-11(18)15-6-7/h2-3,5-6H,4H2,1H3,(H,15,18). The number of aromatic nitrogens is 2. The second kappa shape index (κ2) is 5.00. The molecule has 2 heterocycles. The molecule has 0 unspecified atom stereocenters. The molecule has 0 amide bonds. The Hall–Kier alpha value is -1.52. The van der Waals surface area contributed by atoms with Crippen LogP contribution in [0, 0.1) is 0 Å². The van der Waals surface area contributed by atoms with E-state index in [-0.39, 0.29) is 17.8 Å². The summed E-state index contributed by atoms with van der Waals surface area (Å²) in [6.45, 7) is 0. The van der Waals surface area contributed by atoms with Crippen LogP contribution in [0.1, 0.15) is 16.1 Å². The van der Waals surface area contributed by atoms with E-state index in [0.29, 0.717) is 15.9 Å². The van der Waals surface area contributed by atoms with Gasteiger partial charge in [0.1, 0.15) is 5.15 Å². The van der Waals surface area contributed by atoms with Crippen molar-refractivity contribution >= 4 is 29.0 Å². The van der Waals surface area contributed by atoms with E-state index < -0.39 is 0 Å². The highest BCUT2D eigenvalue weighted by Gasteiger charge is 2.15. The summed E-state index contributed by atoms with van der Waals surface area (Å²) in [6, 6.07) is 4.54. The lowest BCUT2D eigenvalue weighted by Gasteiger charge is -2.03. The Balaban J connectivity index is 2.24. The molecular formula is C12H10Cl2N2O2. The van der Waals surface area contributed by atoms with Gasteiger partial charge in [-0.3, -0.25) is 9.59 Å². The molecule has 2 rings (SSSR count). The molecule has 94 valence electrons. The second-order valence-corrected chi connectivity index (χ2v) is 4.65. The second-order valence-electron chi connectivity index (χ2n) is 3.89. The van der Waals surface area contributed by atoms with E-state index >= 15 is 0 Å².